The minimum atomic E-state index is -4.63. The number of hydrogen-bond acceptors (Lipinski definition) is 2. The number of halogens is 4. The molecule has 1 unspecified atom stereocenters. The van der Waals surface area contributed by atoms with Crippen LogP contribution in [0.2, 0.25) is 0 Å². The van der Waals surface area contributed by atoms with Crippen LogP contribution in [0, 0.1) is 5.92 Å². The van der Waals surface area contributed by atoms with E-state index in [0.29, 0.717) is 5.92 Å². The van der Waals surface area contributed by atoms with Gasteiger partial charge in [0.1, 0.15) is 0 Å². The SMILES string of the molecule is CC(C)Cc1ccc(C(F)C(=O)O[Si]C(F)(F)F)cc1. The van der Waals surface area contributed by atoms with Gasteiger partial charge < -0.3 is 4.43 Å². The van der Waals surface area contributed by atoms with E-state index >= 15 is 0 Å². The van der Waals surface area contributed by atoms with Gasteiger partial charge in [0.05, 0.1) is 0 Å². The average Bonchev–Trinajstić information content (AvgIpc) is 2.34. The maximum Gasteiger partial charge on any atom is 0.448 e. The van der Waals surface area contributed by atoms with Gasteiger partial charge in [0.15, 0.2) is 0 Å². The van der Waals surface area contributed by atoms with Crippen LogP contribution in [0.4, 0.5) is 17.6 Å². The van der Waals surface area contributed by atoms with E-state index in [4.69, 9.17) is 0 Å². The molecule has 110 valence electrons. The molecule has 0 aromatic heterocycles. The quantitative estimate of drug-likeness (QED) is 0.614. The van der Waals surface area contributed by atoms with Crippen LogP contribution in [0.3, 0.4) is 0 Å². The molecule has 0 amide bonds. The fourth-order valence-electron chi connectivity index (χ4n) is 1.59. The number of hydrogen-bond donors (Lipinski definition) is 0. The van der Waals surface area contributed by atoms with Crippen LogP contribution in [-0.2, 0) is 15.6 Å². The lowest BCUT2D eigenvalue weighted by Gasteiger charge is -2.11. The molecule has 7 heteroatoms. The van der Waals surface area contributed by atoms with Crippen molar-refractivity contribution in [2.75, 3.05) is 0 Å². The fourth-order valence-corrected chi connectivity index (χ4v) is 1.91. The summed E-state index contributed by atoms with van der Waals surface area (Å²) in [7, 11) is -2.04. The third-order valence-electron chi connectivity index (χ3n) is 2.39. The summed E-state index contributed by atoms with van der Waals surface area (Å²) in [6.07, 6.45) is -1.39. The predicted octanol–water partition coefficient (Wildman–Crippen LogP) is 3.58. The molecule has 2 radical (unpaired) electrons. The summed E-state index contributed by atoms with van der Waals surface area (Å²) < 4.78 is 53.2. The van der Waals surface area contributed by atoms with E-state index in [1.165, 1.54) is 12.1 Å². The first-order chi connectivity index (χ1) is 9.19. The van der Waals surface area contributed by atoms with Crippen molar-refractivity contribution in [2.24, 2.45) is 5.92 Å². The van der Waals surface area contributed by atoms with Crippen molar-refractivity contribution in [1.29, 1.82) is 0 Å². The molecule has 0 saturated heterocycles. The van der Waals surface area contributed by atoms with Crippen LogP contribution in [0.25, 0.3) is 0 Å². The first-order valence-corrected chi connectivity index (χ1v) is 6.87. The van der Waals surface area contributed by atoms with Crippen molar-refractivity contribution in [1.82, 2.24) is 0 Å². The maximum absolute atomic E-state index is 13.7. The van der Waals surface area contributed by atoms with Gasteiger partial charge in [-0.3, -0.25) is 0 Å². The van der Waals surface area contributed by atoms with Crippen LogP contribution in [0.15, 0.2) is 24.3 Å². The molecule has 1 rings (SSSR count). The smallest absolute Gasteiger partial charge is 0.448 e. The molecule has 1 aromatic carbocycles. The topological polar surface area (TPSA) is 26.3 Å². The molecule has 0 spiro atoms. The first-order valence-electron chi connectivity index (χ1n) is 5.96. The van der Waals surface area contributed by atoms with Gasteiger partial charge in [0, 0.05) is 0 Å². The summed E-state index contributed by atoms with van der Waals surface area (Å²) in [5, 5.41) is 0. The molecule has 0 aliphatic rings. The van der Waals surface area contributed by atoms with Gasteiger partial charge in [0.2, 0.25) is 6.17 Å². The standard InChI is InChI=1S/C13H14F4O2Si/c1-8(2)7-9-3-5-10(6-4-9)11(14)12(18)19-20-13(15,16)17/h3-6,8,11H,7H2,1-2H3. The van der Waals surface area contributed by atoms with E-state index in [1.54, 1.807) is 12.1 Å². The van der Waals surface area contributed by atoms with Crippen LogP contribution in [-0.4, -0.2) is 21.5 Å². The second-order valence-electron chi connectivity index (χ2n) is 4.72. The van der Waals surface area contributed by atoms with E-state index in [-0.39, 0.29) is 5.56 Å². The second kappa shape index (κ2) is 6.87. The molecule has 1 aromatic rings. The lowest BCUT2D eigenvalue weighted by atomic mass is 10.0. The molecular weight excluding hydrogens is 292 g/mol. The zero-order chi connectivity index (χ0) is 15.3. The summed E-state index contributed by atoms with van der Waals surface area (Å²) in [5.41, 5.74) is 0.968. The van der Waals surface area contributed by atoms with Gasteiger partial charge in [-0.05, 0) is 23.5 Å². The monoisotopic (exact) mass is 306 g/mol. The van der Waals surface area contributed by atoms with Gasteiger partial charge in [-0.1, -0.05) is 38.1 Å². The Morgan fingerprint density at radius 1 is 1.25 bits per heavy atom. The molecule has 0 aliphatic carbocycles. The number of benzene rings is 1. The number of rotatable bonds is 5. The third-order valence-corrected chi connectivity index (χ3v) is 2.93. The summed E-state index contributed by atoms with van der Waals surface area (Å²) in [6.45, 7) is 4.06. The molecule has 20 heavy (non-hydrogen) atoms. The van der Waals surface area contributed by atoms with Crippen LogP contribution in [0.5, 0.6) is 0 Å². The predicted molar refractivity (Wildman–Crippen MR) is 66.7 cm³/mol. The Morgan fingerprint density at radius 2 is 1.80 bits per heavy atom. The third kappa shape index (κ3) is 5.73. The highest BCUT2D eigenvalue weighted by molar-refractivity contribution is 6.33. The molecule has 1 atom stereocenters. The summed E-state index contributed by atoms with van der Waals surface area (Å²) in [5.74, 6) is -5.71. The van der Waals surface area contributed by atoms with Crippen molar-refractivity contribution in [3.05, 3.63) is 35.4 Å². The molecule has 0 N–H and O–H groups in total. The second-order valence-corrected chi connectivity index (χ2v) is 5.70. The van der Waals surface area contributed by atoms with Crippen molar-refractivity contribution in [3.8, 4) is 0 Å². The molecule has 0 aliphatic heterocycles. The minimum Gasteiger partial charge on any atom is -0.504 e. The Morgan fingerprint density at radius 3 is 2.25 bits per heavy atom. The van der Waals surface area contributed by atoms with Gasteiger partial charge in [0.25, 0.3) is 0 Å². The highest BCUT2D eigenvalue weighted by Gasteiger charge is 2.35. The lowest BCUT2D eigenvalue weighted by Crippen LogP contribution is -2.26. The Balaban J connectivity index is 2.62. The van der Waals surface area contributed by atoms with E-state index in [9.17, 15) is 22.4 Å². The summed E-state index contributed by atoms with van der Waals surface area (Å²) in [6, 6.07) is 6.09. The Hall–Kier alpha value is -1.37. The van der Waals surface area contributed by atoms with Crippen LogP contribution >= 0.6 is 0 Å². The number of alkyl halides is 4. The van der Waals surface area contributed by atoms with Crippen molar-refractivity contribution in [2.45, 2.75) is 32.2 Å². The molecule has 0 fully saturated rings. The van der Waals surface area contributed by atoms with Crippen molar-refractivity contribution in [3.63, 3.8) is 0 Å². The van der Waals surface area contributed by atoms with E-state index in [1.807, 2.05) is 13.8 Å². The maximum atomic E-state index is 13.7. The minimum absolute atomic E-state index is 0.00511. The Kier molecular flexibility index (Phi) is 5.73. The highest BCUT2D eigenvalue weighted by atomic mass is 28.2. The summed E-state index contributed by atoms with van der Waals surface area (Å²) >= 11 is 0. The molecular formula is C13H14F4O2Si. The molecule has 0 saturated carbocycles. The zero-order valence-corrected chi connectivity index (χ0v) is 12.0. The van der Waals surface area contributed by atoms with Gasteiger partial charge in [-0.2, -0.15) is 13.2 Å². The lowest BCUT2D eigenvalue weighted by molar-refractivity contribution is -0.143. The van der Waals surface area contributed by atoms with Crippen LogP contribution < -0.4 is 0 Å². The van der Waals surface area contributed by atoms with Crippen LogP contribution in [0.1, 0.15) is 31.1 Å². The number of carbonyl (C=O) groups excluding carboxylic acids is 1. The summed E-state index contributed by atoms with van der Waals surface area (Å²) in [4.78, 5) is 11.2. The molecule has 0 heterocycles. The zero-order valence-electron chi connectivity index (χ0n) is 11.0. The normalized spacial score (nSPS) is 13.3. The van der Waals surface area contributed by atoms with Gasteiger partial charge in [-0.15, -0.1) is 0 Å². The van der Waals surface area contributed by atoms with Crippen molar-refractivity contribution >= 4 is 15.7 Å². The molecule has 2 nitrogen and oxygen atoms in total. The molecule has 0 bridgehead atoms. The average molecular weight is 306 g/mol. The Bertz CT molecular complexity index is 443. The van der Waals surface area contributed by atoms with Crippen molar-refractivity contribution < 1.29 is 26.8 Å². The fraction of sp³-hybridized carbons (Fsp3) is 0.462. The Labute approximate surface area is 117 Å². The van der Waals surface area contributed by atoms with Gasteiger partial charge >= 0.3 is 21.5 Å². The first kappa shape index (κ1) is 16.7. The van der Waals surface area contributed by atoms with E-state index in [2.05, 4.69) is 4.43 Å². The van der Waals surface area contributed by atoms with E-state index in [0.717, 1.165) is 12.0 Å². The largest absolute Gasteiger partial charge is 0.504 e. The highest BCUT2D eigenvalue weighted by Crippen LogP contribution is 2.21. The van der Waals surface area contributed by atoms with Gasteiger partial charge in [-0.25, -0.2) is 9.18 Å². The number of carbonyl (C=O) groups is 1. The van der Waals surface area contributed by atoms with E-state index < -0.39 is 27.7 Å².